The topological polar surface area (TPSA) is 73.2 Å². The maximum Gasteiger partial charge on any atom is 0.292 e. The fraction of sp³-hybridized carbons (Fsp3) is 0.227. The van der Waals surface area contributed by atoms with Gasteiger partial charge >= 0.3 is 0 Å². The maximum atomic E-state index is 12.4. The van der Waals surface area contributed by atoms with Gasteiger partial charge in [-0.15, -0.1) is 0 Å². The van der Waals surface area contributed by atoms with Crippen LogP contribution in [-0.2, 0) is 25.0 Å². The van der Waals surface area contributed by atoms with Gasteiger partial charge in [-0.2, -0.15) is 5.10 Å². The minimum Gasteiger partial charge on any atom is -0.489 e. The second-order valence-electron chi connectivity index (χ2n) is 6.60. The van der Waals surface area contributed by atoms with Crippen LogP contribution >= 0.6 is 0 Å². The van der Waals surface area contributed by atoms with Crippen LogP contribution in [0.5, 0.6) is 5.75 Å². The Morgan fingerprint density at radius 3 is 2.29 bits per heavy atom. The molecular formula is C22H23N3O3. The van der Waals surface area contributed by atoms with Crippen molar-refractivity contribution in [2.75, 3.05) is 0 Å². The number of carbonyl (C=O) groups excluding carboxylic acids is 2. The number of ketones is 1. The number of hydrogen-bond acceptors (Lipinski definition) is 4. The second kappa shape index (κ2) is 8.52. The first-order valence-electron chi connectivity index (χ1n) is 9.04. The molecule has 1 N–H and O–H groups in total. The number of Topliss-reactive ketones (excluding diaryl/α,β-unsaturated/α-hetero) is 1. The van der Waals surface area contributed by atoms with E-state index in [2.05, 4.69) is 10.4 Å². The van der Waals surface area contributed by atoms with E-state index in [9.17, 15) is 9.59 Å². The number of amides is 1. The van der Waals surface area contributed by atoms with Crippen LogP contribution in [0.25, 0.3) is 0 Å². The van der Waals surface area contributed by atoms with Crippen LogP contribution in [0, 0.1) is 13.8 Å². The normalized spacial score (nSPS) is 10.5. The third kappa shape index (κ3) is 4.46. The monoisotopic (exact) mass is 377 g/mol. The number of hydrogen-bond donors (Lipinski definition) is 1. The van der Waals surface area contributed by atoms with Crippen LogP contribution in [-0.4, -0.2) is 21.5 Å². The average Bonchev–Trinajstić information content (AvgIpc) is 2.97. The molecular weight excluding hydrogens is 354 g/mol. The van der Waals surface area contributed by atoms with E-state index in [1.54, 1.807) is 25.6 Å². The summed E-state index contributed by atoms with van der Waals surface area (Å²) in [6, 6.07) is 17.4. The SMILES string of the molecule is Cc1nn(C)c(C)c1C(=O)C(=O)NCc1ccc(OCc2ccccc2)cc1. The van der Waals surface area contributed by atoms with Crippen LogP contribution in [0.4, 0.5) is 0 Å². The predicted octanol–water partition coefficient (Wildman–Crippen LogP) is 3.12. The van der Waals surface area contributed by atoms with E-state index in [0.29, 0.717) is 23.6 Å². The van der Waals surface area contributed by atoms with Gasteiger partial charge in [0.25, 0.3) is 11.7 Å². The molecule has 0 aliphatic carbocycles. The summed E-state index contributed by atoms with van der Waals surface area (Å²) in [7, 11) is 1.75. The van der Waals surface area contributed by atoms with Crippen LogP contribution in [0.2, 0.25) is 0 Å². The first-order valence-corrected chi connectivity index (χ1v) is 9.04. The van der Waals surface area contributed by atoms with Gasteiger partial charge in [0.05, 0.1) is 11.3 Å². The Labute approximate surface area is 164 Å². The molecule has 1 amide bonds. The van der Waals surface area contributed by atoms with Crippen LogP contribution in [0.3, 0.4) is 0 Å². The van der Waals surface area contributed by atoms with Crippen molar-refractivity contribution in [2.24, 2.45) is 7.05 Å². The summed E-state index contributed by atoms with van der Waals surface area (Å²) in [5.74, 6) is -0.453. The van der Waals surface area contributed by atoms with Crippen molar-refractivity contribution in [3.63, 3.8) is 0 Å². The lowest BCUT2D eigenvalue weighted by molar-refractivity contribution is -0.117. The molecule has 0 saturated heterocycles. The van der Waals surface area contributed by atoms with Gasteiger partial charge in [0.15, 0.2) is 0 Å². The lowest BCUT2D eigenvalue weighted by atomic mass is 10.1. The standard InChI is InChI=1S/C22H23N3O3/c1-15-20(16(2)25(3)24-15)21(26)22(27)23-13-17-9-11-19(12-10-17)28-14-18-7-5-4-6-8-18/h4-12H,13-14H2,1-3H3,(H,23,27). The van der Waals surface area contributed by atoms with Crippen LogP contribution in [0.15, 0.2) is 54.6 Å². The number of aryl methyl sites for hydroxylation is 2. The molecule has 2 aromatic carbocycles. The number of carbonyl (C=O) groups is 2. The summed E-state index contributed by atoms with van der Waals surface area (Å²) in [4.78, 5) is 24.6. The van der Waals surface area contributed by atoms with Crippen molar-refractivity contribution in [2.45, 2.75) is 27.0 Å². The fourth-order valence-electron chi connectivity index (χ4n) is 2.92. The summed E-state index contributed by atoms with van der Waals surface area (Å²) in [6.07, 6.45) is 0. The van der Waals surface area contributed by atoms with Gasteiger partial charge in [-0.05, 0) is 37.1 Å². The number of benzene rings is 2. The zero-order chi connectivity index (χ0) is 20.1. The van der Waals surface area contributed by atoms with E-state index in [-0.39, 0.29) is 6.54 Å². The zero-order valence-corrected chi connectivity index (χ0v) is 16.2. The molecule has 1 heterocycles. The van der Waals surface area contributed by atoms with Crippen molar-refractivity contribution >= 4 is 11.7 Å². The molecule has 144 valence electrons. The second-order valence-corrected chi connectivity index (χ2v) is 6.60. The quantitative estimate of drug-likeness (QED) is 0.507. The van der Waals surface area contributed by atoms with Gasteiger partial charge in [0.1, 0.15) is 12.4 Å². The van der Waals surface area contributed by atoms with Crippen molar-refractivity contribution in [1.29, 1.82) is 0 Å². The van der Waals surface area contributed by atoms with Gasteiger partial charge in [-0.3, -0.25) is 14.3 Å². The molecule has 6 heteroatoms. The Kier molecular flexibility index (Phi) is 5.89. The molecule has 1 aromatic heterocycles. The number of aromatic nitrogens is 2. The van der Waals surface area contributed by atoms with Crippen molar-refractivity contribution in [3.8, 4) is 5.75 Å². The third-order valence-electron chi connectivity index (χ3n) is 4.57. The molecule has 0 aliphatic heterocycles. The molecule has 0 spiro atoms. The highest BCUT2D eigenvalue weighted by molar-refractivity contribution is 6.43. The van der Waals surface area contributed by atoms with E-state index >= 15 is 0 Å². The number of nitrogens with zero attached hydrogens (tertiary/aromatic N) is 2. The molecule has 28 heavy (non-hydrogen) atoms. The summed E-state index contributed by atoms with van der Waals surface area (Å²) < 4.78 is 7.35. The summed E-state index contributed by atoms with van der Waals surface area (Å²) in [5, 5.41) is 6.86. The minimum atomic E-state index is -0.636. The Balaban J connectivity index is 1.54. The fourth-order valence-corrected chi connectivity index (χ4v) is 2.92. The highest BCUT2D eigenvalue weighted by Gasteiger charge is 2.23. The highest BCUT2D eigenvalue weighted by Crippen LogP contribution is 2.15. The minimum absolute atomic E-state index is 0.266. The highest BCUT2D eigenvalue weighted by atomic mass is 16.5. The molecule has 0 aliphatic rings. The molecule has 3 aromatic rings. The molecule has 0 unspecified atom stereocenters. The molecule has 0 bridgehead atoms. The van der Waals surface area contributed by atoms with Gasteiger partial charge in [0, 0.05) is 19.3 Å². The van der Waals surface area contributed by atoms with Gasteiger partial charge in [-0.25, -0.2) is 0 Å². The number of rotatable bonds is 7. The number of ether oxygens (including phenoxy) is 1. The smallest absolute Gasteiger partial charge is 0.292 e. The Hall–Kier alpha value is -3.41. The van der Waals surface area contributed by atoms with E-state index in [4.69, 9.17) is 4.74 Å². The van der Waals surface area contributed by atoms with Crippen LogP contribution in [0.1, 0.15) is 32.9 Å². The number of nitrogens with one attached hydrogen (secondary N) is 1. The lowest BCUT2D eigenvalue weighted by Crippen LogP contribution is -2.31. The Bertz CT molecular complexity index is 976. The summed E-state index contributed by atoms with van der Waals surface area (Å²) >= 11 is 0. The largest absolute Gasteiger partial charge is 0.489 e. The van der Waals surface area contributed by atoms with Crippen molar-refractivity contribution in [1.82, 2.24) is 15.1 Å². The molecule has 0 saturated carbocycles. The molecule has 3 rings (SSSR count). The predicted molar refractivity (Wildman–Crippen MR) is 106 cm³/mol. The zero-order valence-electron chi connectivity index (χ0n) is 16.2. The van der Waals surface area contributed by atoms with E-state index in [0.717, 1.165) is 16.9 Å². The van der Waals surface area contributed by atoms with Gasteiger partial charge in [-0.1, -0.05) is 42.5 Å². The van der Waals surface area contributed by atoms with E-state index in [1.165, 1.54) is 0 Å². The maximum absolute atomic E-state index is 12.4. The summed E-state index contributed by atoms with van der Waals surface area (Å²) in [6.45, 7) is 4.26. The third-order valence-corrected chi connectivity index (χ3v) is 4.57. The molecule has 0 atom stereocenters. The Morgan fingerprint density at radius 2 is 1.68 bits per heavy atom. The van der Waals surface area contributed by atoms with Crippen molar-refractivity contribution in [3.05, 3.63) is 82.7 Å². The van der Waals surface area contributed by atoms with Gasteiger partial charge in [0.2, 0.25) is 0 Å². The molecule has 6 nitrogen and oxygen atoms in total. The van der Waals surface area contributed by atoms with Gasteiger partial charge < -0.3 is 10.1 Å². The lowest BCUT2D eigenvalue weighted by Gasteiger charge is -2.08. The first kappa shape index (κ1) is 19.4. The van der Waals surface area contributed by atoms with Crippen LogP contribution < -0.4 is 10.1 Å². The van der Waals surface area contributed by atoms with E-state index in [1.807, 2.05) is 54.6 Å². The average molecular weight is 377 g/mol. The first-order chi connectivity index (χ1) is 13.5. The Morgan fingerprint density at radius 1 is 1.00 bits per heavy atom. The molecule has 0 fully saturated rings. The van der Waals surface area contributed by atoms with Crippen molar-refractivity contribution < 1.29 is 14.3 Å². The summed E-state index contributed by atoms with van der Waals surface area (Å²) in [5.41, 5.74) is 3.58. The molecule has 0 radical (unpaired) electrons. The van der Waals surface area contributed by atoms with E-state index < -0.39 is 11.7 Å².